The topological polar surface area (TPSA) is 79.2 Å². The van der Waals surface area contributed by atoms with Crippen LogP contribution in [0.25, 0.3) is 10.9 Å². The molecule has 8 heteroatoms. The van der Waals surface area contributed by atoms with Crippen LogP contribution in [-0.4, -0.2) is 25.2 Å². The van der Waals surface area contributed by atoms with E-state index in [9.17, 15) is 9.65 Å². The first-order valence-electron chi connectivity index (χ1n) is 10.1. The molecule has 6 nitrogen and oxygen atoms in total. The number of methoxy groups -OCH3 is 1. The minimum Gasteiger partial charge on any atom is -0.493 e. The lowest BCUT2D eigenvalue weighted by molar-refractivity contribution is 0.285. The highest BCUT2D eigenvalue weighted by Crippen LogP contribution is 2.38. The van der Waals surface area contributed by atoms with Gasteiger partial charge in [0.25, 0.3) is 0 Å². The first kappa shape index (κ1) is 21.2. The second kappa shape index (κ2) is 9.38. The fourth-order valence-corrected chi connectivity index (χ4v) is 3.77. The Hall–Kier alpha value is -3.08. The first-order chi connectivity index (χ1) is 15.1. The summed E-state index contributed by atoms with van der Waals surface area (Å²) in [6, 6.07) is 8.75. The molecule has 31 heavy (non-hydrogen) atoms. The number of ether oxygens (including phenoxy) is 2. The van der Waals surface area contributed by atoms with E-state index in [0.29, 0.717) is 52.5 Å². The monoisotopic (exact) mass is 440 g/mol. The number of nitrogens with zero attached hydrogens (tertiary/aromatic N) is 2. The van der Waals surface area contributed by atoms with Crippen molar-refractivity contribution in [3.05, 3.63) is 52.4 Å². The van der Waals surface area contributed by atoms with Crippen LogP contribution >= 0.6 is 11.6 Å². The number of fused-ring (bicyclic) bond motifs is 2. The zero-order valence-electron chi connectivity index (χ0n) is 17.1. The molecule has 2 aromatic carbocycles. The van der Waals surface area contributed by atoms with Crippen molar-refractivity contribution in [1.29, 1.82) is 5.26 Å². The van der Waals surface area contributed by atoms with Crippen LogP contribution in [0.15, 0.2) is 30.5 Å². The van der Waals surface area contributed by atoms with Gasteiger partial charge >= 0.3 is 0 Å². The summed E-state index contributed by atoms with van der Waals surface area (Å²) in [5.74, 6) is 0.676. The van der Waals surface area contributed by atoms with E-state index in [-0.39, 0.29) is 5.02 Å². The van der Waals surface area contributed by atoms with Gasteiger partial charge < -0.3 is 20.1 Å². The van der Waals surface area contributed by atoms with Gasteiger partial charge in [-0.25, -0.2) is 4.39 Å². The molecule has 0 atom stereocenters. The first-order valence-corrected chi connectivity index (χ1v) is 10.5. The molecule has 0 fully saturated rings. The zero-order chi connectivity index (χ0) is 21.8. The van der Waals surface area contributed by atoms with Gasteiger partial charge in [0.05, 0.1) is 35.5 Å². The Labute approximate surface area is 184 Å². The smallest absolute Gasteiger partial charge is 0.162 e. The van der Waals surface area contributed by atoms with Crippen molar-refractivity contribution < 1.29 is 13.9 Å². The van der Waals surface area contributed by atoms with Gasteiger partial charge in [-0.3, -0.25) is 4.98 Å². The van der Waals surface area contributed by atoms with Gasteiger partial charge in [-0.15, -0.1) is 0 Å². The van der Waals surface area contributed by atoms with Gasteiger partial charge in [-0.1, -0.05) is 11.6 Å². The molecule has 2 bridgehead atoms. The van der Waals surface area contributed by atoms with Gasteiger partial charge in [-0.05, 0) is 49.6 Å². The van der Waals surface area contributed by atoms with E-state index in [1.54, 1.807) is 19.2 Å². The Bertz CT molecular complexity index is 1160. The van der Waals surface area contributed by atoms with Crippen LogP contribution in [0.1, 0.15) is 30.4 Å². The average molecular weight is 441 g/mol. The molecular formula is C23H22ClFN4O2. The van der Waals surface area contributed by atoms with Crippen molar-refractivity contribution in [2.45, 2.75) is 25.8 Å². The molecule has 0 spiro atoms. The molecule has 4 rings (SSSR count). The van der Waals surface area contributed by atoms with Crippen LogP contribution in [0.2, 0.25) is 5.02 Å². The summed E-state index contributed by atoms with van der Waals surface area (Å²) in [6.07, 6.45) is 4.36. The minimum absolute atomic E-state index is 0.00623. The van der Waals surface area contributed by atoms with Crippen LogP contribution in [0.5, 0.6) is 11.5 Å². The third-order valence-corrected chi connectivity index (χ3v) is 5.54. The highest BCUT2D eigenvalue weighted by Gasteiger charge is 2.17. The van der Waals surface area contributed by atoms with E-state index in [0.717, 1.165) is 31.4 Å². The van der Waals surface area contributed by atoms with Crippen LogP contribution in [0.4, 0.5) is 15.8 Å². The minimum atomic E-state index is -0.484. The van der Waals surface area contributed by atoms with Crippen molar-refractivity contribution in [3.8, 4) is 17.6 Å². The summed E-state index contributed by atoms with van der Waals surface area (Å²) in [4.78, 5) is 4.40. The van der Waals surface area contributed by atoms with Gasteiger partial charge in [0.2, 0.25) is 0 Å². The Morgan fingerprint density at radius 3 is 2.90 bits per heavy atom. The molecular weight excluding hydrogens is 419 g/mol. The van der Waals surface area contributed by atoms with E-state index >= 15 is 0 Å². The normalized spacial score (nSPS) is 14.5. The number of aromatic nitrogens is 1. The molecule has 0 aliphatic carbocycles. The summed E-state index contributed by atoms with van der Waals surface area (Å²) >= 11 is 6.07. The van der Waals surface area contributed by atoms with Crippen LogP contribution in [0.3, 0.4) is 0 Å². The molecule has 2 N–H and O–H groups in total. The van der Waals surface area contributed by atoms with Crippen LogP contribution < -0.4 is 20.1 Å². The van der Waals surface area contributed by atoms with Crippen molar-refractivity contribution in [3.63, 3.8) is 0 Å². The molecule has 1 aliphatic heterocycles. The molecule has 1 aromatic heterocycles. The quantitative estimate of drug-likeness (QED) is 0.534. The average Bonchev–Trinajstić information content (AvgIpc) is 2.78. The maximum atomic E-state index is 14.2. The van der Waals surface area contributed by atoms with E-state index < -0.39 is 5.82 Å². The number of nitrogens with one attached hydrogen (secondary N) is 2. The maximum Gasteiger partial charge on any atom is 0.162 e. The lowest BCUT2D eigenvalue weighted by Gasteiger charge is -2.17. The number of anilines is 2. The molecule has 160 valence electrons. The second-order valence-electron chi connectivity index (χ2n) is 7.31. The predicted octanol–water partition coefficient (Wildman–Crippen LogP) is 5.30. The van der Waals surface area contributed by atoms with Crippen LogP contribution in [0, 0.1) is 17.1 Å². The molecule has 3 aromatic rings. The molecule has 0 saturated carbocycles. The zero-order valence-corrected chi connectivity index (χ0v) is 17.9. The predicted molar refractivity (Wildman–Crippen MR) is 119 cm³/mol. The maximum absolute atomic E-state index is 14.2. The molecule has 0 radical (unpaired) electrons. The summed E-state index contributed by atoms with van der Waals surface area (Å²) in [7, 11) is 1.58. The standard InChI is InChI=1S/C23H22ClFN4O2/c1-30-21-10-20-16-8-22(21)31-6-4-2-3-5-27-12-14-7-18(25)17(24)9-19(14)29-23(16)15(11-26)13-28-20/h7-10,13,27,29H,2-6,12H2,1H3. The third kappa shape index (κ3) is 4.50. The van der Waals surface area contributed by atoms with Gasteiger partial charge in [0.15, 0.2) is 11.5 Å². The lowest BCUT2D eigenvalue weighted by atomic mass is 10.1. The van der Waals surface area contributed by atoms with E-state index in [2.05, 4.69) is 21.7 Å². The number of hydrogen-bond donors (Lipinski definition) is 2. The number of hydrogen-bond acceptors (Lipinski definition) is 6. The molecule has 1 aliphatic rings. The van der Waals surface area contributed by atoms with Crippen molar-refractivity contribution in [2.24, 2.45) is 0 Å². The van der Waals surface area contributed by atoms with Gasteiger partial charge in [0.1, 0.15) is 11.9 Å². The SMILES string of the molecule is COc1cc2ncc(C#N)c3c2cc1OCCCCCNCc1cc(F)c(Cl)cc1N3. The van der Waals surface area contributed by atoms with Crippen molar-refractivity contribution >= 4 is 33.9 Å². The highest BCUT2D eigenvalue weighted by atomic mass is 35.5. The highest BCUT2D eigenvalue weighted by molar-refractivity contribution is 6.31. The number of pyridine rings is 1. The van der Waals surface area contributed by atoms with Crippen molar-refractivity contribution in [2.75, 3.05) is 25.6 Å². The molecule has 0 unspecified atom stereocenters. The summed E-state index contributed by atoms with van der Waals surface area (Å²) in [5, 5.41) is 17.1. The Kier molecular flexibility index (Phi) is 6.40. The van der Waals surface area contributed by atoms with E-state index in [1.165, 1.54) is 12.3 Å². The summed E-state index contributed by atoms with van der Waals surface area (Å²) in [6.45, 7) is 1.82. The largest absolute Gasteiger partial charge is 0.493 e. The van der Waals surface area contributed by atoms with Crippen LogP contribution in [-0.2, 0) is 6.54 Å². The summed E-state index contributed by atoms with van der Waals surface area (Å²) in [5.41, 5.74) is 2.89. The number of nitriles is 1. The van der Waals surface area contributed by atoms with E-state index in [1.807, 2.05) is 6.07 Å². The van der Waals surface area contributed by atoms with Gasteiger partial charge in [0, 0.05) is 29.9 Å². The fourth-order valence-electron chi connectivity index (χ4n) is 3.61. The van der Waals surface area contributed by atoms with Crippen molar-refractivity contribution in [1.82, 2.24) is 10.3 Å². The Balaban J connectivity index is 1.91. The molecule has 0 saturated heterocycles. The Morgan fingerprint density at radius 1 is 1.23 bits per heavy atom. The summed E-state index contributed by atoms with van der Waals surface area (Å²) < 4.78 is 25.7. The number of rotatable bonds is 1. The molecule has 0 amide bonds. The molecule has 2 heterocycles. The third-order valence-electron chi connectivity index (χ3n) is 5.25. The fraction of sp³-hybridized carbons (Fsp3) is 0.304. The number of benzene rings is 2. The lowest BCUT2D eigenvalue weighted by Crippen LogP contribution is -2.16. The van der Waals surface area contributed by atoms with E-state index in [4.69, 9.17) is 21.1 Å². The van der Waals surface area contributed by atoms with Gasteiger partial charge in [-0.2, -0.15) is 5.26 Å². The second-order valence-corrected chi connectivity index (χ2v) is 7.72. The Morgan fingerprint density at radius 2 is 2.10 bits per heavy atom. The number of halogens is 2.